The van der Waals surface area contributed by atoms with Gasteiger partial charge in [0.2, 0.25) is 0 Å². The molecule has 0 saturated carbocycles. The minimum absolute atomic E-state index is 0.000687. The Morgan fingerprint density at radius 3 is 2.31 bits per heavy atom. The molecule has 5 N–H and O–H groups in total. The number of nitrogens with two attached hydrogens (primary N) is 1. The Balaban J connectivity index is 1.57. The van der Waals surface area contributed by atoms with E-state index in [0.717, 1.165) is 0 Å². The molecule has 0 bridgehead atoms. The van der Waals surface area contributed by atoms with Crippen LogP contribution in [0, 0.1) is 5.92 Å². The van der Waals surface area contributed by atoms with Gasteiger partial charge in [-0.3, -0.25) is 19.3 Å². The molecule has 3 unspecified atom stereocenters. The van der Waals surface area contributed by atoms with E-state index in [2.05, 4.69) is 26.2 Å². The van der Waals surface area contributed by atoms with Gasteiger partial charge in [-0.1, -0.05) is 88.2 Å². The number of aromatic nitrogens is 1. The third kappa shape index (κ3) is 6.29. The van der Waals surface area contributed by atoms with Gasteiger partial charge in [0.25, 0.3) is 11.5 Å². The van der Waals surface area contributed by atoms with Crippen molar-refractivity contribution in [3.63, 3.8) is 0 Å². The van der Waals surface area contributed by atoms with Crippen LogP contribution in [0.1, 0.15) is 39.2 Å². The van der Waals surface area contributed by atoms with E-state index in [1.54, 1.807) is 47.4 Å². The predicted molar refractivity (Wildman–Crippen MR) is 163 cm³/mol. The maximum absolute atomic E-state index is 13.9. The van der Waals surface area contributed by atoms with Gasteiger partial charge < -0.3 is 25.9 Å². The summed E-state index contributed by atoms with van der Waals surface area (Å²) < 4.78 is 5.76. The number of carboxylic acid groups (broad SMARTS) is 1. The average molecular weight is 660 g/mol. The van der Waals surface area contributed by atoms with Crippen LogP contribution in [0.3, 0.4) is 0 Å². The zero-order valence-electron chi connectivity index (χ0n) is 22.9. The second-order valence-electron chi connectivity index (χ2n) is 10.1. The van der Waals surface area contributed by atoms with Crippen molar-refractivity contribution in [3.8, 4) is 0 Å². The number of Topliss-reactive ketones (excluding diaryl/α,β-unsaturated/α-hetero) is 1. The van der Waals surface area contributed by atoms with Crippen LogP contribution in [0.25, 0.3) is 0 Å². The number of halogens is 2. The highest BCUT2D eigenvalue weighted by Gasteiger charge is 2.57. The first-order chi connectivity index (χ1) is 20.1. The van der Waals surface area contributed by atoms with E-state index in [-0.39, 0.29) is 28.9 Å². The maximum atomic E-state index is 13.9. The van der Waals surface area contributed by atoms with Crippen molar-refractivity contribution in [1.82, 2.24) is 15.2 Å². The van der Waals surface area contributed by atoms with Crippen LogP contribution >= 0.6 is 27.5 Å². The summed E-state index contributed by atoms with van der Waals surface area (Å²) in [5, 5.41) is 13.7. The average Bonchev–Trinajstić information content (AvgIpc) is 3.00. The van der Waals surface area contributed by atoms with Crippen molar-refractivity contribution in [3.05, 3.63) is 98.8 Å². The van der Waals surface area contributed by atoms with Crippen molar-refractivity contribution in [2.24, 2.45) is 5.92 Å². The van der Waals surface area contributed by atoms with Crippen molar-refractivity contribution < 1.29 is 24.2 Å². The highest BCUT2D eigenvalue weighted by Crippen LogP contribution is 2.41. The molecule has 4 rings (SSSR count). The van der Waals surface area contributed by atoms with Crippen LogP contribution in [0.5, 0.6) is 0 Å². The molecule has 10 nitrogen and oxygen atoms in total. The van der Waals surface area contributed by atoms with Gasteiger partial charge in [-0.25, -0.2) is 4.79 Å². The number of H-pyrrole nitrogens is 1. The number of benzene rings is 2. The molecule has 3 atom stereocenters. The Morgan fingerprint density at radius 2 is 1.74 bits per heavy atom. The van der Waals surface area contributed by atoms with Gasteiger partial charge in [0, 0.05) is 13.7 Å². The lowest BCUT2D eigenvalue weighted by molar-refractivity contribution is -0.172. The van der Waals surface area contributed by atoms with E-state index in [9.17, 15) is 24.3 Å². The Hall–Kier alpha value is -3.51. The van der Waals surface area contributed by atoms with Crippen molar-refractivity contribution in [2.45, 2.75) is 29.3 Å². The predicted octanol–water partition coefficient (Wildman–Crippen LogP) is 3.75. The summed E-state index contributed by atoms with van der Waals surface area (Å²) in [6.07, 6.45) is -0.287. The minimum Gasteiger partial charge on any atom is -0.480 e. The molecular weight excluding hydrogens is 628 g/mol. The number of ketones is 1. The van der Waals surface area contributed by atoms with E-state index >= 15 is 0 Å². The highest BCUT2D eigenvalue weighted by atomic mass is 79.9. The number of anilines is 1. The summed E-state index contributed by atoms with van der Waals surface area (Å²) in [5.41, 5.74) is 4.10. The quantitative estimate of drug-likeness (QED) is 0.227. The zero-order valence-corrected chi connectivity index (χ0v) is 25.2. The van der Waals surface area contributed by atoms with E-state index in [1.165, 1.54) is 13.2 Å². The SMILES string of the molecule is COC(C(=O)C(Br)c1ccccc1)C(C(=O)O)(c1ccccc1)N1CCC(CNC(=O)c2cc(Cl)c(N)[nH]c2=O)CC1. The van der Waals surface area contributed by atoms with Gasteiger partial charge in [0.05, 0.1) is 5.02 Å². The number of carbonyl (C=O) groups is 3. The number of carbonyl (C=O) groups excluding carboxylic acids is 2. The Bertz CT molecular complexity index is 1480. The lowest BCUT2D eigenvalue weighted by Crippen LogP contribution is -2.64. The number of nitrogens with one attached hydrogen (secondary N) is 2. The van der Waals surface area contributed by atoms with Crippen LogP contribution in [-0.2, 0) is 19.9 Å². The molecule has 1 saturated heterocycles. The number of pyridine rings is 1. The monoisotopic (exact) mass is 658 g/mol. The summed E-state index contributed by atoms with van der Waals surface area (Å²) >= 11 is 9.45. The molecule has 1 aromatic heterocycles. The summed E-state index contributed by atoms with van der Waals surface area (Å²) in [6.45, 7) is 0.909. The number of likely N-dealkylation sites (tertiary alicyclic amines) is 1. The molecular formula is C30H32BrClN4O6. The van der Waals surface area contributed by atoms with E-state index in [4.69, 9.17) is 22.1 Å². The second-order valence-corrected chi connectivity index (χ2v) is 11.5. The van der Waals surface area contributed by atoms with E-state index < -0.39 is 39.7 Å². The van der Waals surface area contributed by atoms with Gasteiger partial charge >= 0.3 is 5.97 Å². The molecule has 3 aromatic rings. The Morgan fingerprint density at radius 1 is 1.14 bits per heavy atom. The molecule has 0 radical (unpaired) electrons. The number of carboxylic acids is 1. The topological polar surface area (TPSA) is 155 Å². The van der Waals surface area contributed by atoms with Crippen LogP contribution in [0.4, 0.5) is 5.82 Å². The number of piperidine rings is 1. The first-order valence-electron chi connectivity index (χ1n) is 13.4. The third-order valence-electron chi connectivity index (χ3n) is 7.69. The molecule has 2 aromatic carbocycles. The minimum atomic E-state index is -1.81. The van der Waals surface area contributed by atoms with Gasteiger partial charge in [0.1, 0.15) is 16.2 Å². The number of ether oxygens (including phenoxy) is 1. The smallest absolute Gasteiger partial charge is 0.332 e. The van der Waals surface area contributed by atoms with E-state index in [1.807, 2.05) is 18.2 Å². The van der Waals surface area contributed by atoms with Gasteiger partial charge in [0.15, 0.2) is 17.4 Å². The number of rotatable bonds is 11. The zero-order chi connectivity index (χ0) is 30.4. The van der Waals surface area contributed by atoms with Crippen LogP contribution in [-0.4, -0.2) is 65.5 Å². The summed E-state index contributed by atoms with van der Waals surface area (Å²) in [7, 11) is 1.35. The van der Waals surface area contributed by atoms with Crippen molar-refractivity contribution in [1.29, 1.82) is 0 Å². The van der Waals surface area contributed by atoms with Crippen molar-refractivity contribution >= 4 is 51.0 Å². The molecule has 1 amide bonds. The number of alkyl halides is 1. The molecule has 1 aliphatic rings. The fraction of sp³-hybridized carbons (Fsp3) is 0.333. The number of methoxy groups -OCH3 is 1. The van der Waals surface area contributed by atoms with Crippen LogP contribution in [0.2, 0.25) is 5.02 Å². The largest absolute Gasteiger partial charge is 0.480 e. The second kappa shape index (κ2) is 13.6. The number of hydrogen-bond acceptors (Lipinski definition) is 7. The summed E-state index contributed by atoms with van der Waals surface area (Å²) in [5.74, 6) is -2.22. The summed E-state index contributed by atoms with van der Waals surface area (Å²) in [4.78, 5) is 55.4. The molecule has 1 aliphatic heterocycles. The molecule has 0 aliphatic carbocycles. The fourth-order valence-corrected chi connectivity index (χ4v) is 6.19. The van der Waals surface area contributed by atoms with Crippen LogP contribution in [0.15, 0.2) is 71.5 Å². The molecule has 2 heterocycles. The molecule has 1 fully saturated rings. The van der Waals surface area contributed by atoms with Crippen LogP contribution < -0.4 is 16.6 Å². The first kappa shape index (κ1) is 31.4. The van der Waals surface area contributed by atoms with Gasteiger partial charge in [-0.2, -0.15) is 0 Å². The van der Waals surface area contributed by atoms with Gasteiger partial charge in [-0.05, 0) is 49.0 Å². The molecule has 222 valence electrons. The Kier molecular flexibility index (Phi) is 10.2. The molecule has 0 spiro atoms. The number of hydrogen-bond donors (Lipinski definition) is 4. The molecule has 42 heavy (non-hydrogen) atoms. The number of nitrogen functional groups attached to an aromatic ring is 1. The summed E-state index contributed by atoms with van der Waals surface area (Å²) in [6, 6.07) is 18.9. The Labute approximate surface area is 256 Å². The van der Waals surface area contributed by atoms with Crippen molar-refractivity contribution in [2.75, 3.05) is 32.5 Å². The first-order valence-corrected chi connectivity index (χ1v) is 14.7. The number of aliphatic carboxylic acids is 1. The highest BCUT2D eigenvalue weighted by molar-refractivity contribution is 9.09. The standard InChI is InChI=1S/C30H32BrClN4O6/c1-42-25(24(37)23(31)19-8-4-2-5-9-19)30(29(40)41,20-10-6-3-7-11-20)36-14-12-18(13-15-36)17-34-27(38)21-16-22(32)26(33)35-28(21)39/h2-11,16,18,23,25H,12-15,17H2,1H3,(H,34,38)(H,40,41)(H3,33,35,39). The lowest BCUT2D eigenvalue weighted by Gasteiger charge is -2.47. The molecule has 12 heteroatoms. The normalized spacial score (nSPS) is 17.1. The van der Waals surface area contributed by atoms with Gasteiger partial charge in [-0.15, -0.1) is 0 Å². The lowest BCUT2D eigenvalue weighted by atomic mass is 9.77. The number of aromatic amines is 1. The maximum Gasteiger partial charge on any atom is 0.332 e. The number of nitrogens with zero attached hydrogens (tertiary/aromatic N) is 1. The third-order valence-corrected chi connectivity index (χ3v) is 8.98. The van der Waals surface area contributed by atoms with E-state index in [0.29, 0.717) is 37.1 Å². The fourth-order valence-electron chi connectivity index (χ4n) is 5.48. The number of amides is 1.